The van der Waals surface area contributed by atoms with Gasteiger partial charge in [0.05, 0.1) is 11.9 Å². The lowest BCUT2D eigenvalue weighted by Crippen LogP contribution is -2.32. The largest absolute Gasteiger partial charge is 0.480 e. The Kier molecular flexibility index (Phi) is 3.22. The van der Waals surface area contributed by atoms with Gasteiger partial charge in [0, 0.05) is 7.05 Å². The van der Waals surface area contributed by atoms with Crippen molar-refractivity contribution in [1.29, 1.82) is 0 Å². The van der Waals surface area contributed by atoms with Gasteiger partial charge in [0.15, 0.2) is 0 Å². The van der Waals surface area contributed by atoms with Crippen LogP contribution >= 0.6 is 0 Å². The summed E-state index contributed by atoms with van der Waals surface area (Å²) in [6.45, 7) is -0.356. The van der Waals surface area contributed by atoms with Crippen LogP contribution in [0.4, 0.5) is 5.69 Å². The minimum absolute atomic E-state index is 0.174. The molecule has 0 atom stereocenters. The van der Waals surface area contributed by atoms with Crippen LogP contribution in [-0.4, -0.2) is 40.5 Å². The molecule has 0 saturated carbocycles. The molecular weight excluding hydrogens is 198 g/mol. The third-order valence-electron chi connectivity index (χ3n) is 1.72. The van der Waals surface area contributed by atoms with Crippen LogP contribution in [0.15, 0.2) is 18.3 Å². The lowest BCUT2D eigenvalue weighted by Gasteiger charge is -2.13. The molecule has 0 unspecified atom stereocenters. The van der Waals surface area contributed by atoms with Crippen LogP contribution < -0.4 is 5.73 Å². The summed E-state index contributed by atoms with van der Waals surface area (Å²) in [4.78, 5) is 26.8. The van der Waals surface area contributed by atoms with Crippen molar-refractivity contribution in [3.8, 4) is 0 Å². The highest BCUT2D eigenvalue weighted by Crippen LogP contribution is 2.03. The van der Waals surface area contributed by atoms with Gasteiger partial charge in [-0.25, -0.2) is 4.98 Å². The average Bonchev–Trinajstić information content (AvgIpc) is 2.17. The molecule has 1 aromatic rings. The molecule has 0 aromatic carbocycles. The van der Waals surface area contributed by atoms with Crippen molar-refractivity contribution in [2.75, 3.05) is 19.3 Å². The number of likely N-dealkylation sites (N-methyl/N-ethyl adjacent to an activating group) is 1. The highest BCUT2D eigenvalue weighted by atomic mass is 16.4. The summed E-state index contributed by atoms with van der Waals surface area (Å²) in [5, 5.41) is 8.49. The van der Waals surface area contributed by atoms with E-state index in [1.54, 1.807) is 0 Å². The number of carbonyl (C=O) groups excluding carboxylic acids is 1. The van der Waals surface area contributed by atoms with Gasteiger partial charge in [-0.05, 0) is 12.1 Å². The molecule has 0 aliphatic carbocycles. The summed E-state index contributed by atoms with van der Waals surface area (Å²) in [6.07, 6.45) is 1.35. The summed E-state index contributed by atoms with van der Waals surface area (Å²) in [5.41, 5.74) is 6.03. The Morgan fingerprint density at radius 1 is 1.53 bits per heavy atom. The second-order valence-corrected chi connectivity index (χ2v) is 3.03. The summed E-state index contributed by atoms with van der Waals surface area (Å²) >= 11 is 0. The molecule has 1 amide bonds. The topological polar surface area (TPSA) is 96.5 Å². The standard InChI is InChI=1S/C9H11N3O3/c1-12(5-8(13)14)9(15)7-3-2-6(10)4-11-7/h2-4H,5,10H2,1H3,(H,13,14). The van der Waals surface area contributed by atoms with Gasteiger partial charge in [0.2, 0.25) is 0 Å². The van der Waals surface area contributed by atoms with E-state index >= 15 is 0 Å². The summed E-state index contributed by atoms with van der Waals surface area (Å²) in [5.74, 6) is -1.52. The van der Waals surface area contributed by atoms with Crippen molar-refractivity contribution >= 4 is 17.6 Å². The highest BCUT2D eigenvalue weighted by molar-refractivity contribution is 5.94. The molecule has 0 aliphatic rings. The molecule has 0 aliphatic heterocycles. The Morgan fingerprint density at radius 3 is 2.67 bits per heavy atom. The maximum Gasteiger partial charge on any atom is 0.323 e. The van der Waals surface area contributed by atoms with Crippen LogP contribution in [0.2, 0.25) is 0 Å². The number of carbonyl (C=O) groups is 2. The van der Waals surface area contributed by atoms with Crippen LogP contribution in [0, 0.1) is 0 Å². The Bertz CT molecular complexity index is 375. The zero-order valence-electron chi connectivity index (χ0n) is 8.17. The van der Waals surface area contributed by atoms with Gasteiger partial charge < -0.3 is 15.7 Å². The number of carboxylic acid groups (broad SMARTS) is 1. The van der Waals surface area contributed by atoms with E-state index in [1.165, 1.54) is 25.4 Å². The third-order valence-corrected chi connectivity index (χ3v) is 1.72. The maximum absolute atomic E-state index is 11.6. The Hall–Kier alpha value is -2.11. The molecule has 3 N–H and O–H groups in total. The molecule has 6 heteroatoms. The first-order valence-electron chi connectivity index (χ1n) is 4.19. The third kappa shape index (κ3) is 2.94. The zero-order valence-corrected chi connectivity index (χ0v) is 8.17. The minimum atomic E-state index is -1.07. The van der Waals surface area contributed by atoms with Gasteiger partial charge >= 0.3 is 5.97 Å². The lowest BCUT2D eigenvalue weighted by atomic mass is 10.3. The molecule has 0 spiro atoms. The van der Waals surface area contributed by atoms with E-state index in [0.29, 0.717) is 5.69 Å². The number of rotatable bonds is 3. The van der Waals surface area contributed by atoms with Gasteiger partial charge in [-0.2, -0.15) is 0 Å². The number of aliphatic carboxylic acids is 1. The van der Waals surface area contributed by atoms with Crippen LogP contribution in [0.3, 0.4) is 0 Å². The number of nitrogen functional groups attached to an aromatic ring is 1. The Balaban J connectivity index is 2.76. The smallest absolute Gasteiger partial charge is 0.323 e. The Morgan fingerprint density at radius 2 is 2.20 bits per heavy atom. The number of hydrogen-bond acceptors (Lipinski definition) is 4. The van der Waals surface area contributed by atoms with Gasteiger partial charge in [-0.15, -0.1) is 0 Å². The molecule has 1 rings (SSSR count). The molecule has 80 valence electrons. The van der Waals surface area contributed by atoms with E-state index in [-0.39, 0.29) is 12.2 Å². The number of pyridine rings is 1. The van der Waals surface area contributed by atoms with E-state index in [0.717, 1.165) is 4.90 Å². The quantitative estimate of drug-likeness (QED) is 0.719. The molecule has 6 nitrogen and oxygen atoms in total. The number of carboxylic acids is 1. The number of nitrogens with zero attached hydrogens (tertiary/aromatic N) is 2. The van der Waals surface area contributed by atoms with Gasteiger partial charge in [0.1, 0.15) is 12.2 Å². The summed E-state index contributed by atoms with van der Waals surface area (Å²) in [6, 6.07) is 2.99. The van der Waals surface area contributed by atoms with Crippen LogP contribution in [0.5, 0.6) is 0 Å². The molecule has 1 heterocycles. The first-order valence-corrected chi connectivity index (χ1v) is 4.19. The van der Waals surface area contributed by atoms with Crippen molar-refractivity contribution in [3.63, 3.8) is 0 Å². The van der Waals surface area contributed by atoms with Crippen LogP contribution in [0.1, 0.15) is 10.5 Å². The van der Waals surface area contributed by atoms with Crippen molar-refractivity contribution in [2.45, 2.75) is 0 Å². The van der Waals surface area contributed by atoms with Crippen molar-refractivity contribution in [2.24, 2.45) is 0 Å². The highest BCUT2D eigenvalue weighted by Gasteiger charge is 2.14. The number of anilines is 1. The van der Waals surface area contributed by atoms with Crippen LogP contribution in [-0.2, 0) is 4.79 Å². The lowest BCUT2D eigenvalue weighted by molar-refractivity contribution is -0.137. The predicted molar refractivity (Wildman–Crippen MR) is 53.2 cm³/mol. The fourth-order valence-electron chi connectivity index (χ4n) is 1.00. The normalized spacial score (nSPS) is 9.67. The molecule has 0 radical (unpaired) electrons. The molecular formula is C9H11N3O3. The first kappa shape index (κ1) is 11.0. The van der Waals surface area contributed by atoms with Crippen molar-refractivity contribution < 1.29 is 14.7 Å². The Labute approximate surface area is 86.3 Å². The predicted octanol–water partition coefficient (Wildman–Crippen LogP) is -0.180. The number of nitrogens with two attached hydrogens (primary N) is 1. The number of amides is 1. The molecule has 0 fully saturated rings. The molecule has 1 aromatic heterocycles. The molecule has 0 bridgehead atoms. The fourth-order valence-corrected chi connectivity index (χ4v) is 1.00. The zero-order chi connectivity index (χ0) is 11.4. The molecule has 15 heavy (non-hydrogen) atoms. The maximum atomic E-state index is 11.6. The second kappa shape index (κ2) is 4.41. The SMILES string of the molecule is CN(CC(=O)O)C(=O)c1ccc(N)cn1. The van der Waals surface area contributed by atoms with E-state index in [9.17, 15) is 9.59 Å². The summed E-state index contributed by atoms with van der Waals surface area (Å²) in [7, 11) is 1.40. The van der Waals surface area contributed by atoms with Crippen molar-refractivity contribution in [1.82, 2.24) is 9.88 Å². The fraction of sp³-hybridized carbons (Fsp3) is 0.222. The van der Waals surface area contributed by atoms with Gasteiger partial charge in [-0.3, -0.25) is 9.59 Å². The second-order valence-electron chi connectivity index (χ2n) is 3.03. The van der Waals surface area contributed by atoms with E-state index < -0.39 is 11.9 Å². The van der Waals surface area contributed by atoms with E-state index in [4.69, 9.17) is 10.8 Å². The van der Waals surface area contributed by atoms with Gasteiger partial charge in [-0.1, -0.05) is 0 Å². The number of hydrogen-bond donors (Lipinski definition) is 2. The first-order chi connectivity index (χ1) is 7.00. The average molecular weight is 209 g/mol. The minimum Gasteiger partial charge on any atom is -0.480 e. The summed E-state index contributed by atoms with van der Waals surface area (Å²) < 4.78 is 0. The van der Waals surface area contributed by atoms with E-state index in [2.05, 4.69) is 4.98 Å². The monoisotopic (exact) mass is 209 g/mol. The number of aromatic nitrogens is 1. The van der Waals surface area contributed by atoms with Crippen molar-refractivity contribution in [3.05, 3.63) is 24.0 Å². The van der Waals surface area contributed by atoms with Crippen LogP contribution in [0.25, 0.3) is 0 Å². The van der Waals surface area contributed by atoms with E-state index in [1.807, 2.05) is 0 Å². The van der Waals surface area contributed by atoms with Gasteiger partial charge in [0.25, 0.3) is 5.91 Å². The molecule has 0 saturated heterocycles.